The minimum Gasteiger partial charge on any atom is -0.324 e. The maximum absolute atomic E-state index is 12.7. The van der Waals surface area contributed by atoms with Crippen molar-refractivity contribution in [3.63, 3.8) is 0 Å². The maximum atomic E-state index is 12.7. The highest BCUT2D eigenvalue weighted by Gasteiger charge is 2.29. The van der Waals surface area contributed by atoms with Gasteiger partial charge < -0.3 is 9.88 Å². The van der Waals surface area contributed by atoms with Gasteiger partial charge in [0.1, 0.15) is 6.04 Å². The highest BCUT2D eigenvalue weighted by atomic mass is 32.2. The summed E-state index contributed by atoms with van der Waals surface area (Å²) in [4.78, 5) is 24.4. The van der Waals surface area contributed by atoms with Crippen LogP contribution in [0.3, 0.4) is 0 Å². The van der Waals surface area contributed by atoms with Crippen molar-refractivity contribution in [3.8, 4) is 0 Å². The van der Waals surface area contributed by atoms with Crippen molar-refractivity contribution in [1.82, 2.24) is 4.57 Å². The van der Waals surface area contributed by atoms with E-state index < -0.39 is 22.0 Å². The van der Waals surface area contributed by atoms with E-state index in [1.54, 1.807) is 55.6 Å². The number of aromatic nitrogens is 1. The Labute approximate surface area is 160 Å². The molecular weight excluding hydrogens is 386 g/mol. The highest BCUT2D eigenvalue weighted by molar-refractivity contribution is 7.92. The van der Waals surface area contributed by atoms with Gasteiger partial charge in [-0.15, -0.1) is 0 Å². The molecule has 0 aliphatic heterocycles. The molecule has 1 amide bonds. The minimum atomic E-state index is -3.66. The number of fused-ring (bicyclic) bond motifs is 1. The smallest absolute Gasteiger partial charge is 0.307 e. The first-order chi connectivity index (χ1) is 12.7. The fourth-order valence-electron chi connectivity index (χ4n) is 2.84. The number of nitrogens with zero attached hydrogens (tertiary/aromatic N) is 2. The van der Waals surface area contributed by atoms with Crippen molar-refractivity contribution in [2.45, 2.75) is 13.0 Å². The van der Waals surface area contributed by atoms with Crippen LogP contribution in [-0.4, -0.2) is 31.2 Å². The summed E-state index contributed by atoms with van der Waals surface area (Å²) in [6, 6.07) is 12.7. The molecule has 1 aromatic heterocycles. The lowest BCUT2D eigenvalue weighted by Crippen LogP contribution is -2.45. The summed E-state index contributed by atoms with van der Waals surface area (Å²) < 4.78 is 27.9. The Morgan fingerprint density at radius 1 is 1.19 bits per heavy atom. The van der Waals surface area contributed by atoms with Crippen LogP contribution in [0.5, 0.6) is 0 Å². The van der Waals surface area contributed by atoms with Crippen LogP contribution in [0.2, 0.25) is 0 Å². The number of rotatable bonds is 5. The van der Waals surface area contributed by atoms with Gasteiger partial charge in [-0.1, -0.05) is 29.5 Å². The molecule has 0 radical (unpaired) electrons. The van der Waals surface area contributed by atoms with E-state index in [0.29, 0.717) is 11.4 Å². The molecule has 3 rings (SSSR count). The topological polar surface area (TPSA) is 88.5 Å². The summed E-state index contributed by atoms with van der Waals surface area (Å²) in [5.74, 6) is -0.466. The van der Waals surface area contributed by atoms with E-state index in [4.69, 9.17) is 0 Å². The number of thiazole rings is 1. The van der Waals surface area contributed by atoms with Crippen LogP contribution in [-0.2, 0) is 21.9 Å². The molecule has 0 bridgehead atoms. The molecule has 0 saturated heterocycles. The third-order valence-electron chi connectivity index (χ3n) is 4.16. The minimum absolute atomic E-state index is 0.0887. The van der Waals surface area contributed by atoms with Crippen LogP contribution in [0.25, 0.3) is 10.2 Å². The van der Waals surface area contributed by atoms with E-state index in [0.717, 1.165) is 32.1 Å². The number of carbonyl (C=O) groups excluding carboxylic acids is 1. The van der Waals surface area contributed by atoms with E-state index >= 15 is 0 Å². The molecule has 7 nitrogen and oxygen atoms in total. The molecule has 3 aromatic rings. The van der Waals surface area contributed by atoms with Gasteiger partial charge in [0.15, 0.2) is 0 Å². The second-order valence-electron chi connectivity index (χ2n) is 6.17. The molecule has 0 spiro atoms. The second-order valence-corrected chi connectivity index (χ2v) is 9.02. The molecule has 0 unspecified atom stereocenters. The van der Waals surface area contributed by atoms with Crippen molar-refractivity contribution in [2.75, 3.05) is 15.9 Å². The molecule has 0 fully saturated rings. The highest BCUT2D eigenvalue weighted by Crippen LogP contribution is 2.23. The zero-order valence-corrected chi connectivity index (χ0v) is 16.7. The van der Waals surface area contributed by atoms with E-state index in [1.807, 2.05) is 0 Å². The molecule has 9 heteroatoms. The van der Waals surface area contributed by atoms with Crippen LogP contribution in [0.15, 0.2) is 53.3 Å². The maximum Gasteiger partial charge on any atom is 0.307 e. The Morgan fingerprint density at radius 2 is 1.85 bits per heavy atom. The molecular formula is C18H19N3O4S2. The van der Waals surface area contributed by atoms with Crippen LogP contribution in [0, 0.1) is 0 Å². The number of amides is 1. The molecule has 2 aromatic carbocycles. The fourth-order valence-corrected chi connectivity index (χ4v) is 4.94. The molecule has 142 valence electrons. The largest absolute Gasteiger partial charge is 0.324 e. The summed E-state index contributed by atoms with van der Waals surface area (Å²) in [5.41, 5.74) is 1.69. The van der Waals surface area contributed by atoms with E-state index in [2.05, 4.69) is 5.32 Å². The number of para-hydroxylation sites is 1. The molecule has 0 aliphatic carbocycles. The summed E-state index contributed by atoms with van der Waals surface area (Å²) in [6.07, 6.45) is 1.07. The van der Waals surface area contributed by atoms with Gasteiger partial charge in [-0.05, 0) is 37.3 Å². The average molecular weight is 406 g/mol. The number of aryl methyl sites for hydroxylation is 1. The third kappa shape index (κ3) is 3.88. The molecule has 1 atom stereocenters. The molecule has 1 heterocycles. The van der Waals surface area contributed by atoms with Crippen LogP contribution >= 0.6 is 11.3 Å². The Balaban J connectivity index is 1.89. The Kier molecular flexibility index (Phi) is 5.07. The van der Waals surface area contributed by atoms with Crippen molar-refractivity contribution in [2.24, 2.45) is 7.05 Å². The van der Waals surface area contributed by atoms with Crippen molar-refractivity contribution in [3.05, 3.63) is 58.2 Å². The summed E-state index contributed by atoms with van der Waals surface area (Å²) in [7, 11) is -1.98. The van der Waals surface area contributed by atoms with Gasteiger partial charge in [0.05, 0.1) is 22.2 Å². The first-order valence-electron chi connectivity index (χ1n) is 8.13. The number of hydrogen-bond acceptors (Lipinski definition) is 5. The van der Waals surface area contributed by atoms with Crippen molar-refractivity contribution < 1.29 is 13.2 Å². The number of sulfonamides is 1. The standard InChI is InChI=1S/C18H19N3O4S2/c1-12(21(27(3,24)25)14-7-5-4-6-8-14)17(22)19-13-9-10-15-16(11-13)26-18(23)20(15)2/h4-12H,1-3H3,(H,19,22)/t12-/m1/s1. The van der Waals surface area contributed by atoms with Gasteiger partial charge in [-0.3, -0.25) is 13.9 Å². The summed E-state index contributed by atoms with van der Waals surface area (Å²) in [6.45, 7) is 1.53. The predicted octanol–water partition coefficient (Wildman–Crippen LogP) is 2.39. The molecule has 0 saturated carbocycles. The summed E-state index contributed by atoms with van der Waals surface area (Å²) >= 11 is 1.09. The van der Waals surface area contributed by atoms with Crippen LogP contribution < -0.4 is 14.5 Å². The monoisotopic (exact) mass is 405 g/mol. The third-order valence-corrected chi connectivity index (χ3v) is 6.40. The first-order valence-corrected chi connectivity index (χ1v) is 10.8. The molecule has 1 N–H and O–H groups in total. The van der Waals surface area contributed by atoms with E-state index in [-0.39, 0.29) is 4.87 Å². The Morgan fingerprint density at radius 3 is 2.48 bits per heavy atom. The van der Waals surface area contributed by atoms with E-state index in [1.165, 1.54) is 11.5 Å². The number of carbonyl (C=O) groups is 1. The summed E-state index contributed by atoms with van der Waals surface area (Å²) in [5, 5.41) is 2.74. The van der Waals surface area contributed by atoms with Gasteiger partial charge in [-0.25, -0.2) is 8.42 Å². The van der Waals surface area contributed by atoms with Crippen LogP contribution in [0.1, 0.15) is 6.92 Å². The number of benzene rings is 2. The lowest BCUT2D eigenvalue weighted by Gasteiger charge is -2.28. The number of anilines is 2. The van der Waals surface area contributed by atoms with Crippen molar-refractivity contribution >= 4 is 48.9 Å². The Hall–Kier alpha value is -2.65. The molecule has 27 heavy (non-hydrogen) atoms. The SMILES string of the molecule is C[C@H](C(=O)Nc1ccc2c(c1)sc(=O)n2C)N(c1ccccc1)S(C)(=O)=O. The van der Waals surface area contributed by atoms with Crippen LogP contribution in [0.4, 0.5) is 11.4 Å². The lowest BCUT2D eigenvalue weighted by molar-refractivity contribution is -0.116. The Bertz CT molecular complexity index is 1150. The lowest BCUT2D eigenvalue weighted by atomic mass is 10.2. The van der Waals surface area contributed by atoms with Gasteiger partial charge in [0, 0.05) is 12.7 Å². The van der Waals surface area contributed by atoms with Crippen molar-refractivity contribution in [1.29, 1.82) is 0 Å². The zero-order chi connectivity index (χ0) is 19.8. The average Bonchev–Trinajstić information content (AvgIpc) is 2.88. The van der Waals surface area contributed by atoms with Gasteiger partial charge in [-0.2, -0.15) is 0 Å². The quantitative estimate of drug-likeness (QED) is 0.706. The fraction of sp³-hybridized carbons (Fsp3) is 0.222. The van der Waals surface area contributed by atoms with E-state index in [9.17, 15) is 18.0 Å². The van der Waals surface area contributed by atoms with Gasteiger partial charge >= 0.3 is 4.87 Å². The second kappa shape index (κ2) is 7.16. The number of hydrogen-bond donors (Lipinski definition) is 1. The van der Waals surface area contributed by atoms with Gasteiger partial charge in [0.2, 0.25) is 15.9 Å². The molecule has 0 aliphatic rings. The normalized spacial score (nSPS) is 12.7. The zero-order valence-electron chi connectivity index (χ0n) is 15.0. The number of nitrogens with one attached hydrogen (secondary N) is 1. The first kappa shape index (κ1) is 19.1. The predicted molar refractivity (Wildman–Crippen MR) is 109 cm³/mol. The van der Waals surface area contributed by atoms with Gasteiger partial charge in [0.25, 0.3) is 0 Å².